The van der Waals surface area contributed by atoms with Crippen molar-refractivity contribution in [2.24, 2.45) is 0 Å². The van der Waals surface area contributed by atoms with Crippen LogP contribution in [0.5, 0.6) is 0 Å². The van der Waals surface area contributed by atoms with Crippen LogP contribution in [0.4, 0.5) is 0 Å². The summed E-state index contributed by atoms with van der Waals surface area (Å²) in [6.07, 6.45) is -0.406. The minimum absolute atomic E-state index is 0.406. The van der Waals surface area contributed by atoms with Crippen molar-refractivity contribution in [1.29, 1.82) is 0 Å². The topological polar surface area (TPSA) is 39.6 Å². The fourth-order valence-electron chi connectivity index (χ4n) is 3.33. The summed E-state index contributed by atoms with van der Waals surface area (Å²) < 4.78 is 1.27. The van der Waals surface area contributed by atoms with Crippen LogP contribution in [0.15, 0.2) is 54.6 Å². The zero-order valence-corrected chi connectivity index (χ0v) is 15.0. The van der Waals surface area contributed by atoms with Crippen molar-refractivity contribution in [3.8, 4) is 0 Å². The number of rotatable bonds is 5. The van der Waals surface area contributed by atoms with Crippen molar-refractivity contribution in [2.75, 3.05) is 32.7 Å². The SMILES string of the molecule is O[C@@H](CN1CCN(Cc2nc3ccccc3s2)CC1)c1ccccc1. The Hall–Kier alpha value is -1.79. The molecule has 1 aromatic heterocycles. The number of hydrogen-bond acceptors (Lipinski definition) is 5. The molecule has 0 unspecified atom stereocenters. The predicted octanol–water partition coefficient (Wildman–Crippen LogP) is 3.15. The van der Waals surface area contributed by atoms with Gasteiger partial charge in [-0.1, -0.05) is 42.5 Å². The summed E-state index contributed by atoms with van der Waals surface area (Å²) in [6.45, 7) is 5.67. The molecule has 1 aliphatic rings. The molecule has 1 saturated heterocycles. The monoisotopic (exact) mass is 353 g/mol. The molecule has 1 N–H and O–H groups in total. The van der Waals surface area contributed by atoms with Crippen molar-refractivity contribution >= 4 is 21.6 Å². The van der Waals surface area contributed by atoms with E-state index in [9.17, 15) is 5.11 Å². The fourth-order valence-corrected chi connectivity index (χ4v) is 4.34. The number of β-amino-alcohol motifs (C(OH)–C–C–N with tert-alkyl or cyclic N) is 1. The van der Waals surface area contributed by atoms with Crippen LogP contribution in [0.3, 0.4) is 0 Å². The Morgan fingerprint density at radius 3 is 2.36 bits per heavy atom. The van der Waals surface area contributed by atoms with Gasteiger partial charge in [-0.3, -0.25) is 9.80 Å². The molecule has 130 valence electrons. The molecule has 1 fully saturated rings. The van der Waals surface area contributed by atoms with Crippen LogP contribution in [0.1, 0.15) is 16.7 Å². The highest BCUT2D eigenvalue weighted by molar-refractivity contribution is 7.18. The van der Waals surface area contributed by atoms with Crippen LogP contribution in [0.25, 0.3) is 10.2 Å². The standard InChI is InChI=1S/C20H23N3OS/c24-18(16-6-2-1-3-7-16)14-22-10-12-23(13-11-22)15-20-21-17-8-4-5-9-19(17)25-20/h1-9,18,24H,10-15H2/t18-/m0/s1. The van der Waals surface area contributed by atoms with Gasteiger partial charge in [0.25, 0.3) is 0 Å². The Balaban J connectivity index is 1.29. The Labute approximate surface area is 152 Å². The number of piperazine rings is 1. The summed E-state index contributed by atoms with van der Waals surface area (Å²) in [6, 6.07) is 18.3. The van der Waals surface area contributed by atoms with Gasteiger partial charge in [0.05, 0.1) is 22.9 Å². The molecule has 0 amide bonds. The zero-order chi connectivity index (χ0) is 17.1. The number of hydrogen-bond donors (Lipinski definition) is 1. The summed E-state index contributed by atoms with van der Waals surface area (Å²) >= 11 is 1.79. The zero-order valence-electron chi connectivity index (χ0n) is 14.2. The first kappa shape index (κ1) is 16.7. The molecule has 0 spiro atoms. The summed E-state index contributed by atoms with van der Waals surface area (Å²) in [5, 5.41) is 11.6. The second kappa shape index (κ2) is 7.62. The molecular formula is C20H23N3OS. The van der Waals surface area contributed by atoms with E-state index in [0.717, 1.165) is 43.8 Å². The van der Waals surface area contributed by atoms with E-state index in [1.54, 1.807) is 11.3 Å². The highest BCUT2D eigenvalue weighted by Crippen LogP contribution is 2.23. The van der Waals surface area contributed by atoms with E-state index in [0.29, 0.717) is 6.54 Å². The lowest BCUT2D eigenvalue weighted by atomic mass is 10.1. The molecule has 25 heavy (non-hydrogen) atoms. The van der Waals surface area contributed by atoms with Crippen molar-refractivity contribution in [3.05, 3.63) is 65.2 Å². The molecule has 4 nitrogen and oxygen atoms in total. The second-order valence-corrected chi connectivity index (χ2v) is 7.69. The highest BCUT2D eigenvalue weighted by atomic mass is 32.1. The molecule has 2 heterocycles. The maximum Gasteiger partial charge on any atom is 0.108 e. The number of aliphatic hydroxyl groups is 1. The van der Waals surface area contributed by atoms with E-state index in [1.807, 2.05) is 36.4 Å². The van der Waals surface area contributed by atoms with Gasteiger partial charge in [0.15, 0.2) is 0 Å². The van der Waals surface area contributed by atoms with E-state index in [2.05, 4.69) is 28.0 Å². The molecular weight excluding hydrogens is 330 g/mol. The molecule has 3 aromatic rings. The molecule has 4 rings (SSSR count). The van der Waals surface area contributed by atoms with Crippen molar-refractivity contribution in [1.82, 2.24) is 14.8 Å². The van der Waals surface area contributed by atoms with Gasteiger partial charge in [-0.2, -0.15) is 0 Å². The van der Waals surface area contributed by atoms with Crippen LogP contribution >= 0.6 is 11.3 Å². The minimum Gasteiger partial charge on any atom is -0.387 e. The van der Waals surface area contributed by atoms with Crippen LogP contribution in [-0.4, -0.2) is 52.6 Å². The summed E-state index contributed by atoms with van der Waals surface area (Å²) in [5.41, 5.74) is 2.10. The molecule has 0 bridgehead atoms. The van der Waals surface area contributed by atoms with Crippen LogP contribution in [0.2, 0.25) is 0 Å². The molecule has 0 aliphatic carbocycles. The van der Waals surface area contributed by atoms with Gasteiger partial charge < -0.3 is 5.11 Å². The van der Waals surface area contributed by atoms with Crippen LogP contribution < -0.4 is 0 Å². The van der Waals surface area contributed by atoms with Crippen LogP contribution in [-0.2, 0) is 6.54 Å². The van der Waals surface area contributed by atoms with Gasteiger partial charge in [0.1, 0.15) is 5.01 Å². The predicted molar refractivity (Wildman–Crippen MR) is 103 cm³/mol. The largest absolute Gasteiger partial charge is 0.387 e. The first-order chi connectivity index (χ1) is 12.3. The minimum atomic E-state index is -0.406. The normalized spacial score (nSPS) is 17.8. The van der Waals surface area contributed by atoms with E-state index in [1.165, 1.54) is 9.71 Å². The van der Waals surface area contributed by atoms with Crippen LogP contribution in [0, 0.1) is 0 Å². The number of para-hydroxylation sites is 1. The van der Waals surface area contributed by atoms with E-state index < -0.39 is 6.10 Å². The van der Waals surface area contributed by atoms with Crippen molar-refractivity contribution in [3.63, 3.8) is 0 Å². The lowest BCUT2D eigenvalue weighted by Crippen LogP contribution is -2.47. The quantitative estimate of drug-likeness (QED) is 0.765. The third-order valence-corrected chi connectivity index (χ3v) is 5.80. The average Bonchev–Trinajstić information content (AvgIpc) is 3.06. The Bertz CT molecular complexity index is 779. The lowest BCUT2D eigenvalue weighted by molar-refractivity contribution is 0.0701. The fraction of sp³-hybridized carbons (Fsp3) is 0.350. The summed E-state index contributed by atoms with van der Waals surface area (Å²) in [7, 11) is 0. The number of aromatic nitrogens is 1. The van der Waals surface area contributed by atoms with Crippen molar-refractivity contribution in [2.45, 2.75) is 12.6 Å². The van der Waals surface area contributed by atoms with E-state index in [-0.39, 0.29) is 0 Å². The third kappa shape index (κ3) is 4.07. The third-order valence-electron chi connectivity index (χ3n) is 4.78. The summed E-state index contributed by atoms with van der Waals surface area (Å²) in [4.78, 5) is 9.55. The summed E-state index contributed by atoms with van der Waals surface area (Å²) in [5.74, 6) is 0. The second-order valence-electron chi connectivity index (χ2n) is 6.58. The van der Waals surface area contributed by atoms with Gasteiger partial charge in [0.2, 0.25) is 0 Å². The number of fused-ring (bicyclic) bond motifs is 1. The first-order valence-corrected chi connectivity index (χ1v) is 9.62. The molecule has 0 radical (unpaired) electrons. The Kier molecular flexibility index (Phi) is 5.08. The number of thiazole rings is 1. The van der Waals surface area contributed by atoms with Gasteiger partial charge in [-0.05, 0) is 17.7 Å². The highest BCUT2D eigenvalue weighted by Gasteiger charge is 2.20. The lowest BCUT2D eigenvalue weighted by Gasteiger charge is -2.35. The number of benzene rings is 2. The van der Waals surface area contributed by atoms with E-state index in [4.69, 9.17) is 4.98 Å². The van der Waals surface area contributed by atoms with E-state index >= 15 is 0 Å². The first-order valence-electron chi connectivity index (χ1n) is 8.80. The maximum absolute atomic E-state index is 10.4. The number of nitrogens with zero attached hydrogens (tertiary/aromatic N) is 3. The molecule has 1 aliphatic heterocycles. The van der Waals surface area contributed by atoms with Gasteiger partial charge >= 0.3 is 0 Å². The van der Waals surface area contributed by atoms with Gasteiger partial charge in [-0.25, -0.2) is 4.98 Å². The number of aliphatic hydroxyl groups excluding tert-OH is 1. The van der Waals surface area contributed by atoms with Crippen molar-refractivity contribution < 1.29 is 5.11 Å². The smallest absolute Gasteiger partial charge is 0.108 e. The molecule has 5 heteroatoms. The molecule has 2 aromatic carbocycles. The average molecular weight is 353 g/mol. The maximum atomic E-state index is 10.4. The molecule has 0 saturated carbocycles. The molecule has 1 atom stereocenters. The van der Waals surface area contributed by atoms with Gasteiger partial charge in [0, 0.05) is 32.7 Å². The Morgan fingerprint density at radius 2 is 1.60 bits per heavy atom. The Morgan fingerprint density at radius 1 is 0.920 bits per heavy atom. The van der Waals surface area contributed by atoms with Gasteiger partial charge in [-0.15, -0.1) is 11.3 Å².